The zero-order chi connectivity index (χ0) is 17.9. The molecule has 0 N–H and O–H groups in total. The van der Waals surface area contributed by atoms with E-state index in [2.05, 4.69) is 14.9 Å². The number of rotatable bonds is 3. The first kappa shape index (κ1) is 18.8. The van der Waals surface area contributed by atoms with Crippen LogP contribution in [-0.4, -0.2) is 53.2 Å². The number of carbonyl (C=O) groups excluding carboxylic acids is 1. The number of likely N-dealkylation sites (tertiary alicyclic amines) is 1. The summed E-state index contributed by atoms with van der Waals surface area (Å²) < 4.78 is 5.48. The predicted molar refractivity (Wildman–Crippen MR) is 95.6 cm³/mol. The summed E-state index contributed by atoms with van der Waals surface area (Å²) in [6, 6.07) is 1.92. The Kier molecular flexibility index (Phi) is 5.91. The number of aromatic nitrogens is 2. The number of aryl methyl sites for hydroxylation is 1. The van der Waals surface area contributed by atoms with Gasteiger partial charge in [0.1, 0.15) is 11.4 Å². The van der Waals surface area contributed by atoms with Gasteiger partial charge in [-0.1, -0.05) is 0 Å². The molecule has 0 radical (unpaired) electrons. The molecule has 0 saturated carbocycles. The average molecular weight is 355 g/mol. The lowest BCUT2D eigenvalue weighted by Gasteiger charge is -2.35. The Bertz CT molecular complexity index is 568. The van der Waals surface area contributed by atoms with E-state index in [0.29, 0.717) is 12.5 Å². The van der Waals surface area contributed by atoms with Gasteiger partial charge in [-0.2, -0.15) is 0 Å². The van der Waals surface area contributed by atoms with Crippen molar-refractivity contribution >= 4 is 23.5 Å². The minimum atomic E-state index is -0.462. The van der Waals surface area contributed by atoms with E-state index >= 15 is 0 Å². The Morgan fingerprint density at radius 2 is 2.17 bits per heavy atom. The first-order valence-corrected chi connectivity index (χ1v) is 8.72. The Morgan fingerprint density at radius 3 is 2.79 bits per heavy atom. The van der Waals surface area contributed by atoms with E-state index < -0.39 is 5.60 Å². The van der Waals surface area contributed by atoms with Crippen LogP contribution in [0.1, 0.15) is 39.3 Å². The normalized spacial score (nSPS) is 18.4. The van der Waals surface area contributed by atoms with Crippen LogP contribution in [0.5, 0.6) is 0 Å². The lowest BCUT2D eigenvalue weighted by atomic mass is 9.98. The number of piperidine rings is 1. The van der Waals surface area contributed by atoms with Gasteiger partial charge < -0.3 is 14.5 Å². The summed E-state index contributed by atoms with van der Waals surface area (Å²) in [6.07, 6.45) is 1.85. The smallest absolute Gasteiger partial charge is 0.410 e. The fraction of sp³-hybridized carbons (Fsp3) is 0.706. The van der Waals surface area contributed by atoms with Crippen molar-refractivity contribution in [3.05, 3.63) is 17.0 Å². The molecule has 1 fully saturated rings. The molecule has 0 aromatic carbocycles. The molecule has 0 bridgehead atoms. The van der Waals surface area contributed by atoms with Crippen LogP contribution >= 0.6 is 11.6 Å². The topological polar surface area (TPSA) is 58.6 Å². The van der Waals surface area contributed by atoms with Crippen molar-refractivity contribution < 1.29 is 9.53 Å². The predicted octanol–water partition coefficient (Wildman–Crippen LogP) is 3.52. The van der Waals surface area contributed by atoms with Gasteiger partial charge in [-0.15, -0.1) is 0 Å². The monoisotopic (exact) mass is 354 g/mol. The van der Waals surface area contributed by atoms with Crippen molar-refractivity contribution in [1.82, 2.24) is 14.9 Å². The van der Waals surface area contributed by atoms with Crippen LogP contribution in [0.2, 0.25) is 5.28 Å². The molecule has 0 spiro atoms. The van der Waals surface area contributed by atoms with Gasteiger partial charge in [0.2, 0.25) is 5.28 Å². The van der Waals surface area contributed by atoms with Crippen molar-refractivity contribution in [2.24, 2.45) is 5.92 Å². The number of amides is 1. The van der Waals surface area contributed by atoms with Gasteiger partial charge in [0.05, 0.1) is 0 Å². The highest BCUT2D eigenvalue weighted by atomic mass is 35.5. The van der Waals surface area contributed by atoms with Gasteiger partial charge in [-0.3, -0.25) is 0 Å². The molecule has 1 amide bonds. The number of nitrogens with zero attached hydrogens (tertiary/aromatic N) is 4. The minimum absolute atomic E-state index is 0.226. The Hall–Kier alpha value is -1.56. The molecule has 1 unspecified atom stereocenters. The molecular weight excluding hydrogens is 328 g/mol. The van der Waals surface area contributed by atoms with Crippen molar-refractivity contribution in [1.29, 1.82) is 0 Å². The molecule has 2 rings (SSSR count). The van der Waals surface area contributed by atoms with Crippen molar-refractivity contribution in [2.75, 3.05) is 31.6 Å². The number of halogens is 1. The Morgan fingerprint density at radius 1 is 1.46 bits per heavy atom. The minimum Gasteiger partial charge on any atom is -0.444 e. The number of anilines is 1. The SMILES string of the molecule is Cc1cc(N(C)CC2CCCN(C(=O)OC(C)(C)C)C2)nc(Cl)n1. The molecule has 6 nitrogen and oxygen atoms in total. The van der Waals surface area contributed by atoms with Crippen LogP contribution in [0.15, 0.2) is 6.07 Å². The van der Waals surface area contributed by atoms with Crippen molar-refractivity contribution in [3.8, 4) is 0 Å². The van der Waals surface area contributed by atoms with Crippen LogP contribution in [0.25, 0.3) is 0 Å². The van der Waals surface area contributed by atoms with E-state index in [1.54, 1.807) is 0 Å². The maximum atomic E-state index is 12.3. The highest BCUT2D eigenvalue weighted by molar-refractivity contribution is 6.28. The number of hydrogen-bond donors (Lipinski definition) is 0. The van der Waals surface area contributed by atoms with Crippen molar-refractivity contribution in [3.63, 3.8) is 0 Å². The molecule has 24 heavy (non-hydrogen) atoms. The maximum absolute atomic E-state index is 12.3. The Labute approximate surface area is 149 Å². The summed E-state index contributed by atoms with van der Waals surface area (Å²) in [5, 5.41) is 0.260. The largest absolute Gasteiger partial charge is 0.444 e. The van der Waals surface area contributed by atoms with Gasteiger partial charge in [-0.25, -0.2) is 14.8 Å². The van der Waals surface area contributed by atoms with E-state index in [1.165, 1.54) is 0 Å². The quantitative estimate of drug-likeness (QED) is 0.777. The zero-order valence-electron chi connectivity index (χ0n) is 15.2. The van der Waals surface area contributed by atoms with Gasteiger partial charge in [0.15, 0.2) is 0 Å². The highest BCUT2D eigenvalue weighted by Gasteiger charge is 2.28. The summed E-state index contributed by atoms with van der Waals surface area (Å²) >= 11 is 5.94. The summed E-state index contributed by atoms with van der Waals surface area (Å²) in [4.78, 5) is 24.5. The Balaban J connectivity index is 1.96. The van der Waals surface area contributed by atoms with Gasteiger partial charge in [0, 0.05) is 38.4 Å². The van der Waals surface area contributed by atoms with E-state index in [9.17, 15) is 4.79 Å². The average Bonchev–Trinajstić information content (AvgIpc) is 2.44. The first-order chi connectivity index (χ1) is 11.1. The van der Waals surface area contributed by atoms with Crippen LogP contribution in [0.4, 0.5) is 10.6 Å². The molecule has 2 heterocycles. The molecule has 134 valence electrons. The summed E-state index contributed by atoms with van der Waals surface area (Å²) in [6.45, 7) is 9.84. The number of hydrogen-bond acceptors (Lipinski definition) is 5. The second kappa shape index (κ2) is 7.55. The second-order valence-corrected chi connectivity index (χ2v) is 7.79. The van der Waals surface area contributed by atoms with E-state index in [-0.39, 0.29) is 11.4 Å². The molecule has 1 aromatic rings. The molecule has 1 aromatic heterocycles. The molecule has 1 aliphatic heterocycles. The van der Waals surface area contributed by atoms with Crippen LogP contribution in [0, 0.1) is 12.8 Å². The van der Waals surface area contributed by atoms with E-state index in [4.69, 9.17) is 16.3 Å². The van der Waals surface area contributed by atoms with E-state index in [0.717, 1.165) is 37.4 Å². The second-order valence-electron chi connectivity index (χ2n) is 7.45. The zero-order valence-corrected chi connectivity index (χ0v) is 15.9. The third-order valence-corrected chi connectivity index (χ3v) is 4.08. The number of carbonyl (C=O) groups is 1. The maximum Gasteiger partial charge on any atom is 0.410 e. The van der Waals surface area contributed by atoms with Gasteiger partial charge >= 0.3 is 6.09 Å². The fourth-order valence-electron chi connectivity index (χ4n) is 2.90. The molecule has 0 aliphatic carbocycles. The molecule has 1 atom stereocenters. The van der Waals surface area contributed by atoms with Gasteiger partial charge in [-0.05, 0) is 58.1 Å². The third-order valence-electron chi connectivity index (χ3n) is 3.91. The fourth-order valence-corrected chi connectivity index (χ4v) is 3.12. The van der Waals surface area contributed by atoms with Crippen LogP contribution in [-0.2, 0) is 4.74 Å². The third kappa shape index (κ3) is 5.51. The molecule has 7 heteroatoms. The van der Waals surface area contributed by atoms with Crippen molar-refractivity contribution in [2.45, 2.75) is 46.1 Å². The molecule has 1 saturated heterocycles. The van der Waals surface area contributed by atoms with Gasteiger partial charge in [0.25, 0.3) is 0 Å². The van der Waals surface area contributed by atoms with E-state index in [1.807, 2.05) is 45.7 Å². The molecular formula is C17H27ClN4O2. The van der Waals surface area contributed by atoms with Crippen LogP contribution < -0.4 is 4.90 Å². The first-order valence-electron chi connectivity index (χ1n) is 8.34. The lowest BCUT2D eigenvalue weighted by Crippen LogP contribution is -2.45. The standard InChI is InChI=1S/C17H27ClN4O2/c1-12-9-14(20-15(18)19-12)21(5)10-13-7-6-8-22(11-13)16(23)24-17(2,3)4/h9,13H,6-8,10-11H2,1-5H3. The van der Waals surface area contributed by atoms with Crippen LogP contribution in [0.3, 0.4) is 0 Å². The summed E-state index contributed by atoms with van der Waals surface area (Å²) in [5.41, 5.74) is 0.381. The summed E-state index contributed by atoms with van der Waals surface area (Å²) in [7, 11) is 1.99. The summed E-state index contributed by atoms with van der Waals surface area (Å²) in [5.74, 6) is 1.19. The molecule has 1 aliphatic rings. The highest BCUT2D eigenvalue weighted by Crippen LogP contribution is 2.22. The lowest BCUT2D eigenvalue weighted by molar-refractivity contribution is 0.0170. The number of ether oxygens (including phenoxy) is 1.